The van der Waals surface area contributed by atoms with Crippen molar-refractivity contribution in [2.45, 2.75) is 24.9 Å². The number of ketones is 2. The number of fused-ring (bicyclic) bond motifs is 3. The highest BCUT2D eigenvalue weighted by atomic mass is 79.9. The molecule has 8 nitrogen and oxygen atoms in total. The molecule has 0 saturated heterocycles. The summed E-state index contributed by atoms with van der Waals surface area (Å²) in [6, 6.07) is 11.6. The number of allylic oxidation sites excluding steroid dienone is 6. The highest BCUT2D eigenvalue weighted by molar-refractivity contribution is 9.12. The Morgan fingerprint density at radius 1 is 1.00 bits per heavy atom. The van der Waals surface area contributed by atoms with Crippen LogP contribution in [-0.2, 0) is 16.1 Å². The molecule has 1 aliphatic heterocycles. The number of halogens is 2. The standard InChI is InChI=1S/C26H17BrFN3O5/c27-17-12-21(33)23-16(24(17)34)11-19-15(22(23)13-6-7-20(32)18(28)10-13)8-9-29-25(35)30(26(36)31(19)29)14-4-2-1-3-5-14/h1-8,10,12,19,22,32H,9,11H2. The minimum Gasteiger partial charge on any atom is -0.505 e. The predicted octanol–water partition coefficient (Wildman–Crippen LogP) is 3.04. The normalized spacial score (nSPS) is 20.9. The van der Waals surface area contributed by atoms with E-state index in [9.17, 15) is 28.7 Å². The van der Waals surface area contributed by atoms with Gasteiger partial charge in [-0.15, -0.1) is 0 Å². The molecular formula is C26H17BrFN3O5. The Morgan fingerprint density at radius 2 is 1.75 bits per heavy atom. The molecule has 2 aromatic carbocycles. The number of Topliss-reactive ketones (excluding diaryl/α,β-unsaturated/α-hetero) is 1. The smallest absolute Gasteiger partial charge is 0.352 e. The lowest BCUT2D eigenvalue weighted by molar-refractivity contribution is -0.115. The number of hydrogen-bond acceptors (Lipinski definition) is 5. The van der Waals surface area contributed by atoms with Gasteiger partial charge in [0.1, 0.15) is 0 Å². The predicted molar refractivity (Wildman–Crippen MR) is 131 cm³/mol. The van der Waals surface area contributed by atoms with Gasteiger partial charge in [-0.05, 0) is 51.3 Å². The molecule has 180 valence electrons. The van der Waals surface area contributed by atoms with Crippen molar-refractivity contribution in [3.05, 3.63) is 114 Å². The molecule has 2 unspecified atom stereocenters. The first-order chi connectivity index (χ1) is 17.3. The number of carbonyl (C=O) groups excluding carboxylic acids is 2. The third-order valence-electron chi connectivity index (χ3n) is 6.92. The van der Waals surface area contributed by atoms with Gasteiger partial charge >= 0.3 is 11.4 Å². The van der Waals surface area contributed by atoms with Gasteiger partial charge < -0.3 is 5.11 Å². The zero-order valence-electron chi connectivity index (χ0n) is 18.5. The average Bonchev–Trinajstić information content (AvgIpc) is 3.13. The van der Waals surface area contributed by atoms with Crippen LogP contribution in [-0.4, -0.2) is 30.6 Å². The van der Waals surface area contributed by atoms with Gasteiger partial charge in [0.2, 0.25) is 0 Å². The van der Waals surface area contributed by atoms with E-state index in [0.717, 1.165) is 10.6 Å². The molecule has 0 fully saturated rings. The van der Waals surface area contributed by atoms with E-state index in [2.05, 4.69) is 15.9 Å². The second-order valence-corrected chi connectivity index (χ2v) is 9.66. The summed E-state index contributed by atoms with van der Waals surface area (Å²) < 4.78 is 18.2. The van der Waals surface area contributed by atoms with Crippen molar-refractivity contribution < 1.29 is 19.1 Å². The largest absolute Gasteiger partial charge is 0.505 e. The number of aromatic nitrogens is 3. The van der Waals surface area contributed by atoms with E-state index in [1.54, 1.807) is 36.4 Å². The van der Waals surface area contributed by atoms with E-state index >= 15 is 0 Å². The highest BCUT2D eigenvalue weighted by Gasteiger charge is 2.45. The topological polar surface area (TPSA) is 103 Å². The molecule has 0 saturated carbocycles. The molecule has 3 aromatic rings. The van der Waals surface area contributed by atoms with Gasteiger partial charge in [0, 0.05) is 29.6 Å². The van der Waals surface area contributed by atoms with Crippen LogP contribution >= 0.6 is 15.9 Å². The summed E-state index contributed by atoms with van der Waals surface area (Å²) in [6.07, 6.45) is 2.97. The lowest BCUT2D eigenvalue weighted by Gasteiger charge is -2.39. The van der Waals surface area contributed by atoms with Crippen LogP contribution in [0.5, 0.6) is 5.75 Å². The van der Waals surface area contributed by atoms with Gasteiger partial charge in [0.25, 0.3) is 0 Å². The summed E-state index contributed by atoms with van der Waals surface area (Å²) in [7, 11) is 0. The molecule has 1 N–H and O–H groups in total. The van der Waals surface area contributed by atoms with Crippen LogP contribution < -0.4 is 11.4 Å². The summed E-state index contributed by atoms with van der Waals surface area (Å²) in [5.41, 5.74) is 0.681. The molecule has 0 spiro atoms. The summed E-state index contributed by atoms with van der Waals surface area (Å²) in [4.78, 5) is 53.1. The van der Waals surface area contributed by atoms with E-state index in [4.69, 9.17) is 0 Å². The molecule has 0 amide bonds. The number of hydrogen-bond donors (Lipinski definition) is 1. The lowest BCUT2D eigenvalue weighted by atomic mass is 9.69. The number of para-hydroxylation sites is 1. The number of phenolic OH excluding ortho intramolecular Hbond substituents is 1. The second kappa shape index (κ2) is 7.99. The van der Waals surface area contributed by atoms with Crippen molar-refractivity contribution in [1.29, 1.82) is 0 Å². The molecule has 36 heavy (non-hydrogen) atoms. The zero-order chi connectivity index (χ0) is 25.3. The number of aromatic hydroxyl groups is 1. The Morgan fingerprint density at radius 3 is 2.47 bits per heavy atom. The van der Waals surface area contributed by atoms with E-state index in [1.165, 1.54) is 27.6 Å². The molecule has 2 aliphatic carbocycles. The van der Waals surface area contributed by atoms with Gasteiger partial charge in [-0.1, -0.05) is 30.3 Å². The van der Waals surface area contributed by atoms with Crippen LogP contribution in [0.4, 0.5) is 4.39 Å². The number of benzene rings is 2. The number of rotatable bonds is 2. The summed E-state index contributed by atoms with van der Waals surface area (Å²) in [5.74, 6) is -3.05. The van der Waals surface area contributed by atoms with Crippen molar-refractivity contribution in [2.75, 3.05) is 0 Å². The maximum absolute atomic E-state index is 14.4. The van der Waals surface area contributed by atoms with Crippen LogP contribution in [0, 0.1) is 5.82 Å². The summed E-state index contributed by atoms with van der Waals surface area (Å²) in [6.45, 7) is 0.0566. The lowest BCUT2D eigenvalue weighted by Crippen LogP contribution is -2.40. The number of nitrogens with zero attached hydrogens (tertiary/aromatic N) is 3. The third kappa shape index (κ3) is 3.10. The Balaban J connectivity index is 1.60. The van der Waals surface area contributed by atoms with Gasteiger partial charge in [-0.25, -0.2) is 27.9 Å². The highest BCUT2D eigenvalue weighted by Crippen LogP contribution is 2.50. The van der Waals surface area contributed by atoms with Crippen molar-refractivity contribution in [3.8, 4) is 11.4 Å². The Hall–Kier alpha value is -4.05. The van der Waals surface area contributed by atoms with Crippen LogP contribution in [0.15, 0.2) is 91.5 Å². The summed E-state index contributed by atoms with van der Waals surface area (Å²) >= 11 is 3.15. The van der Waals surface area contributed by atoms with Crippen LogP contribution in [0.2, 0.25) is 0 Å². The molecule has 0 radical (unpaired) electrons. The fourth-order valence-electron chi connectivity index (χ4n) is 5.36. The SMILES string of the molecule is O=C1C=C(Br)C(=O)C2=C1C(c1ccc(O)c(F)c1)C1=CCn3c(=O)n(-c4ccccc4)c(=O)n3C1C2. The van der Waals surface area contributed by atoms with Gasteiger partial charge in [0.05, 0.1) is 22.8 Å². The Bertz CT molecular complexity index is 1710. The van der Waals surface area contributed by atoms with Crippen molar-refractivity contribution in [1.82, 2.24) is 13.9 Å². The van der Waals surface area contributed by atoms with Crippen LogP contribution in [0.1, 0.15) is 23.9 Å². The van der Waals surface area contributed by atoms with E-state index in [-0.39, 0.29) is 28.6 Å². The monoisotopic (exact) mass is 549 g/mol. The molecule has 1 aromatic heterocycles. The van der Waals surface area contributed by atoms with Crippen molar-refractivity contribution in [3.63, 3.8) is 0 Å². The van der Waals surface area contributed by atoms with E-state index < -0.39 is 46.5 Å². The number of phenols is 1. The second-order valence-electron chi connectivity index (χ2n) is 8.81. The fourth-order valence-corrected chi connectivity index (χ4v) is 5.81. The van der Waals surface area contributed by atoms with Crippen molar-refractivity contribution in [2.24, 2.45) is 0 Å². The van der Waals surface area contributed by atoms with Gasteiger partial charge in [0.15, 0.2) is 23.1 Å². The molecule has 10 heteroatoms. The molecule has 6 rings (SSSR count). The maximum Gasteiger partial charge on any atom is 0.352 e. The Kier molecular flexibility index (Phi) is 4.97. The average molecular weight is 550 g/mol. The maximum atomic E-state index is 14.4. The van der Waals surface area contributed by atoms with Gasteiger partial charge in [-0.2, -0.15) is 0 Å². The fraction of sp³-hybridized carbons (Fsp3) is 0.154. The molecule has 3 aliphatic rings. The first kappa shape index (κ1) is 22.4. The van der Waals surface area contributed by atoms with Crippen LogP contribution in [0.3, 0.4) is 0 Å². The molecule has 0 bridgehead atoms. The van der Waals surface area contributed by atoms with Gasteiger partial charge in [-0.3, -0.25) is 9.59 Å². The molecular weight excluding hydrogens is 533 g/mol. The van der Waals surface area contributed by atoms with Crippen molar-refractivity contribution >= 4 is 27.5 Å². The minimum absolute atomic E-state index is 0.0178. The zero-order valence-corrected chi connectivity index (χ0v) is 20.1. The third-order valence-corrected chi connectivity index (χ3v) is 7.51. The quantitative estimate of drug-likeness (QED) is 0.391. The number of carbonyl (C=O) groups is 2. The Labute approximate surface area is 211 Å². The minimum atomic E-state index is -0.871. The molecule has 2 heterocycles. The van der Waals surface area contributed by atoms with Crippen LogP contribution in [0.25, 0.3) is 5.69 Å². The van der Waals surface area contributed by atoms with E-state index in [1.807, 2.05) is 0 Å². The van der Waals surface area contributed by atoms with E-state index in [0.29, 0.717) is 16.8 Å². The summed E-state index contributed by atoms with van der Waals surface area (Å²) in [5, 5.41) is 9.72. The molecule has 2 atom stereocenters. The first-order valence-electron chi connectivity index (χ1n) is 11.2. The first-order valence-corrected chi connectivity index (χ1v) is 11.9.